The molecule has 0 bridgehead atoms. The van der Waals surface area contributed by atoms with Gasteiger partial charge in [0.2, 0.25) is 0 Å². The van der Waals surface area contributed by atoms with Gasteiger partial charge in [0.1, 0.15) is 11.5 Å². The van der Waals surface area contributed by atoms with Crippen LogP contribution in [0, 0.1) is 0 Å². The van der Waals surface area contributed by atoms with E-state index in [1.807, 2.05) is 38.1 Å². The fourth-order valence-corrected chi connectivity index (χ4v) is 3.19. The third-order valence-electron chi connectivity index (χ3n) is 4.40. The maximum Gasteiger partial charge on any atom is 0.251 e. The summed E-state index contributed by atoms with van der Waals surface area (Å²) < 4.78 is 11.2. The molecule has 2 aromatic rings. The molecule has 1 fully saturated rings. The normalized spacial score (nSPS) is 16.1. The molecule has 0 saturated carbocycles. The standard InChI is InChI=1S/C20H26N2O3/c1-15(2)25-17-9-7-16(8-10-17)20(23)21-14-18(19-6-5-13-24-19)22-11-3-4-12-22/h5-10,13,15,18H,3-4,11-12,14H2,1-2H3,(H,21,23)/t18-/m0/s1. The van der Waals surface area contributed by atoms with Crippen LogP contribution >= 0.6 is 0 Å². The minimum atomic E-state index is -0.0770. The average Bonchev–Trinajstić information content (AvgIpc) is 3.29. The molecule has 1 N–H and O–H groups in total. The van der Waals surface area contributed by atoms with Crippen molar-refractivity contribution in [2.24, 2.45) is 0 Å². The van der Waals surface area contributed by atoms with Crippen LogP contribution in [0.1, 0.15) is 48.8 Å². The highest BCUT2D eigenvalue weighted by Gasteiger charge is 2.26. The number of hydrogen-bond acceptors (Lipinski definition) is 4. The summed E-state index contributed by atoms with van der Waals surface area (Å²) in [5.74, 6) is 1.60. The SMILES string of the molecule is CC(C)Oc1ccc(C(=O)NC[C@@H](c2ccco2)N2CCCC2)cc1. The lowest BCUT2D eigenvalue weighted by molar-refractivity contribution is 0.0933. The topological polar surface area (TPSA) is 54.7 Å². The largest absolute Gasteiger partial charge is 0.491 e. The quantitative estimate of drug-likeness (QED) is 0.835. The van der Waals surface area contributed by atoms with Gasteiger partial charge in [-0.05, 0) is 76.2 Å². The van der Waals surface area contributed by atoms with E-state index in [1.54, 1.807) is 18.4 Å². The van der Waals surface area contributed by atoms with E-state index >= 15 is 0 Å². The van der Waals surface area contributed by atoms with Crippen molar-refractivity contribution in [2.75, 3.05) is 19.6 Å². The molecule has 25 heavy (non-hydrogen) atoms. The Balaban J connectivity index is 1.61. The molecule has 1 aliphatic heterocycles. The highest BCUT2D eigenvalue weighted by Crippen LogP contribution is 2.25. The van der Waals surface area contributed by atoms with Gasteiger partial charge in [0.15, 0.2) is 0 Å². The second-order valence-corrected chi connectivity index (χ2v) is 6.68. The van der Waals surface area contributed by atoms with Gasteiger partial charge in [0, 0.05) is 12.1 Å². The molecule has 1 aromatic carbocycles. The Kier molecular flexibility index (Phi) is 5.76. The zero-order valence-corrected chi connectivity index (χ0v) is 14.9. The van der Waals surface area contributed by atoms with Crippen molar-refractivity contribution in [3.63, 3.8) is 0 Å². The zero-order chi connectivity index (χ0) is 17.6. The smallest absolute Gasteiger partial charge is 0.251 e. The zero-order valence-electron chi connectivity index (χ0n) is 14.9. The van der Waals surface area contributed by atoms with Gasteiger partial charge < -0.3 is 14.5 Å². The van der Waals surface area contributed by atoms with Crippen molar-refractivity contribution in [1.82, 2.24) is 10.2 Å². The lowest BCUT2D eigenvalue weighted by Gasteiger charge is -2.26. The van der Waals surface area contributed by atoms with Gasteiger partial charge in [-0.3, -0.25) is 9.69 Å². The first-order valence-corrected chi connectivity index (χ1v) is 8.96. The number of hydrogen-bond donors (Lipinski definition) is 1. The number of benzene rings is 1. The molecule has 1 atom stereocenters. The van der Waals surface area contributed by atoms with E-state index in [9.17, 15) is 4.79 Å². The number of carbonyl (C=O) groups is 1. The maximum absolute atomic E-state index is 12.5. The Labute approximate surface area is 149 Å². The van der Waals surface area contributed by atoms with Crippen LogP contribution in [-0.4, -0.2) is 36.5 Å². The van der Waals surface area contributed by atoms with Crippen LogP contribution in [0.4, 0.5) is 0 Å². The van der Waals surface area contributed by atoms with E-state index in [4.69, 9.17) is 9.15 Å². The highest BCUT2D eigenvalue weighted by molar-refractivity contribution is 5.94. The Hall–Kier alpha value is -2.27. The number of furan rings is 1. The lowest BCUT2D eigenvalue weighted by atomic mass is 10.1. The van der Waals surface area contributed by atoms with Gasteiger partial charge in [-0.2, -0.15) is 0 Å². The van der Waals surface area contributed by atoms with E-state index < -0.39 is 0 Å². The first-order valence-electron chi connectivity index (χ1n) is 8.96. The van der Waals surface area contributed by atoms with Crippen LogP contribution in [0.2, 0.25) is 0 Å². The fourth-order valence-electron chi connectivity index (χ4n) is 3.19. The maximum atomic E-state index is 12.5. The summed E-state index contributed by atoms with van der Waals surface area (Å²) in [6, 6.07) is 11.2. The highest BCUT2D eigenvalue weighted by atomic mass is 16.5. The predicted molar refractivity (Wildman–Crippen MR) is 96.8 cm³/mol. The molecule has 0 spiro atoms. The molecule has 1 saturated heterocycles. The van der Waals surface area contributed by atoms with E-state index in [1.165, 1.54) is 12.8 Å². The van der Waals surface area contributed by atoms with Crippen molar-refractivity contribution < 1.29 is 13.9 Å². The Morgan fingerprint density at radius 3 is 2.52 bits per heavy atom. The third kappa shape index (κ3) is 4.63. The van der Waals surface area contributed by atoms with Crippen molar-refractivity contribution in [3.8, 4) is 5.75 Å². The van der Waals surface area contributed by atoms with E-state index in [0.29, 0.717) is 12.1 Å². The molecule has 134 valence electrons. The summed E-state index contributed by atoms with van der Waals surface area (Å²) in [5.41, 5.74) is 0.635. The summed E-state index contributed by atoms with van der Waals surface area (Å²) in [6.45, 7) is 6.59. The van der Waals surface area contributed by atoms with Gasteiger partial charge in [-0.15, -0.1) is 0 Å². The molecule has 0 aliphatic carbocycles. The Bertz CT molecular complexity index is 659. The lowest BCUT2D eigenvalue weighted by Crippen LogP contribution is -2.36. The van der Waals surface area contributed by atoms with Crippen LogP contribution in [0.3, 0.4) is 0 Å². The first kappa shape index (κ1) is 17.5. The van der Waals surface area contributed by atoms with Gasteiger partial charge in [-0.25, -0.2) is 0 Å². The summed E-state index contributed by atoms with van der Waals surface area (Å²) in [7, 11) is 0. The average molecular weight is 342 g/mol. The van der Waals surface area contributed by atoms with Gasteiger partial charge >= 0.3 is 0 Å². The van der Waals surface area contributed by atoms with Gasteiger partial charge in [0.25, 0.3) is 5.91 Å². The summed E-state index contributed by atoms with van der Waals surface area (Å²) in [4.78, 5) is 14.8. The molecule has 1 amide bonds. The van der Waals surface area contributed by atoms with Crippen LogP contribution in [0.15, 0.2) is 47.1 Å². The van der Waals surface area contributed by atoms with Gasteiger partial charge in [-0.1, -0.05) is 0 Å². The molecule has 2 heterocycles. The molecular weight excluding hydrogens is 316 g/mol. The number of ether oxygens (including phenoxy) is 1. The minimum Gasteiger partial charge on any atom is -0.491 e. The van der Waals surface area contributed by atoms with E-state index in [-0.39, 0.29) is 18.1 Å². The summed E-state index contributed by atoms with van der Waals surface area (Å²) >= 11 is 0. The molecule has 5 heteroatoms. The van der Waals surface area contributed by atoms with Crippen molar-refractivity contribution in [1.29, 1.82) is 0 Å². The molecule has 3 rings (SSSR count). The molecule has 0 unspecified atom stereocenters. The number of carbonyl (C=O) groups excluding carboxylic acids is 1. The second-order valence-electron chi connectivity index (χ2n) is 6.68. The predicted octanol–water partition coefficient (Wildman–Crippen LogP) is 3.63. The van der Waals surface area contributed by atoms with Crippen molar-refractivity contribution >= 4 is 5.91 Å². The molecular formula is C20H26N2O3. The van der Waals surface area contributed by atoms with E-state index in [2.05, 4.69) is 10.2 Å². The Morgan fingerprint density at radius 1 is 1.20 bits per heavy atom. The minimum absolute atomic E-state index is 0.0770. The van der Waals surface area contributed by atoms with Crippen LogP contribution < -0.4 is 10.1 Å². The van der Waals surface area contributed by atoms with Crippen LogP contribution in [0.25, 0.3) is 0 Å². The van der Waals surface area contributed by atoms with Crippen molar-refractivity contribution in [3.05, 3.63) is 54.0 Å². The summed E-state index contributed by atoms with van der Waals surface area (Å²) in [5, 5.41) is 3.04. The number of nitrogens with zero attached hydrogens (tertiary/aromatic N) is 1. The molecule has 5 nitrogen and oxygen atoms in total. The molecule has 0 radical (unpaired) electrons. The third-order valence-corrected chi connectivity index (χ3v) is 4.40. The number of likely N-dealkylation sites (tertiary alicyclic amines) is 1. The number of nitrogens with one attached hydrogen (secondary N) is 1. The first-order chi connectivity index (χ1) is 12.1. The molecule has 1 aromatic heterocycles. The molecule has 1 aliphatic rings. The monoisotopic (exact) mass is 342 g/mol. The van der Waals surface area contributed by atoms with E-state index in [0.717, 1.165) is 24.6 Å². The number of rotatable bonds is 7. The number of amides is 1. The van der Waals surface area contributed by atoms with Crippen LogP contribution in [0.5, 0.6) is 5.75 Å². The van der Waals surface area contributed by atoms with Crippen molar-refractivity contribution in [2.45, 2.75) is 38.8 Å². The second kappa shape index (κ2) is 8.21. The fraction of sp³-hybridized carbons (Fsp3) is 0.450. The summed E-state index contributed by atoms with van der Waals surface area (Å²) in [6.07, 6.45) is 4.20. The van der Waals surface area contributed by atoms with Gasteiger partial charge in [0.05, 0.1) is 18.4 Å². The van der Waals surface area contributed by atoms with Crippen LogP contribution in [-0.2, 0) is 0 Å². The Morgan fingerprint density at radius 2 is 1.92 bits per heavy atom.